The van der Waals surface area contributed by atoms with Crippen molar-refractivity contribution in [3.05, 3.63) is 35.9 Å². The Labute approximate surface area is 109 Å². The molecule has 1 aromatic carbocycles. The third-order valence-corrected chi connectivity index (χ3v) is 2.72. The molecule has 102 valence electrons. The minimum absolute atomic E-state index is 0.108. The van der Waals surface area contributed by atoms with Crippen molar-refractivity contribution in [2.75, 3.05) is 5.32 Å². The number of hydrogen-bond donors (Lipinski definition) is 1. The molecule has 0 amide bonds. The van der Waals surface area contributed by atoms with Gasteiger partial charge in [-0.3, -0.25) is 0 Å². The summed E-state index contributed by atoms with van der Waals surface area (Å²) in [4.78, 5) is 0. The molecule has 0 aliphatic heterocycles. The van der Waals surface area contributed by atoms with Crippen molar-refractivity contribution in [1.29, 1.82) is 0 Å². The summed E-state index contributed by atoms with van der Waals surface area (Å²) >= 11 is 0. The molecule has 1 N–H and O–H groups in total. The molecule has 1 aromatic heterocycles. The first-order chi connectivity index (χ1) is 9.08. The van der Waals surface area contributed by atoms with E-state index in [4.69, 9.17) is 0 Å². The van der Waals surface area contributed by atoms with E-state index >= 15 is 0 Å². The van der Waals surface area contributed by atoms with Crippen LogP contribution in [0.25, 0.3) is 0 Å². The average Bonchev–Trinajstić information content (AvgIpc) is 2.68. The number of para-hydroxylation sites is 2. The summed E-state index contributed by atoms with van der Waals surface area (Å²) in [6.07, 6.45) is 0. The van der Waals surface area contributed by atoms with E-state index in [1.54, 1.807) is 18.2 Å². The SMILES string of the molecule is Cc1nnc(CNc2ccccc2OC(F)F)n1C. The lowest BCUT2D eigenvalue weighted by Crippen LogP contribution is -2.09. The monoisotopic (exact) mass is 268 g/mol. The van der Waals surface area contributed by atoms with E-state index < -0.39 is 6.61 Å². The Bertz CT molecular complexity index is 556. The van der Waals surface area contributed by atoms with Crippen LogP contribution in [0, 0.1) is 6.92 Å². The van der Waals surface area contributed by atoms with Gasteiger partial charge in [0.1, 0.15) is 11.6 Å². The number of anilines is 1. The topological polar surface area (TPSA) is 52.0 Å². The Kier molecular flexibility index (Phi) is 3.94. The van der Waals surface area contributed by atoms with Gasteiger partial charge >= 0.3 is 6.61 Å². The third-order valence-electron chi connectivity index (χ3n) is 2.72. The second-order valence-corrected chi connectivity index (χ2v) is 3.95. The van der Waals surface area contributed by atoms with Gasteiger partial charge in [-0.2, -0.15) is 8.78 Å². The quantitative estimate of drug-likeness (QED) is 0.904. The predicted molar refractivity (Wildman–Crippen MR) is 66.1 cm³/mol. The van der Waals surface area contributed by atoms with Crippen LogP contribution in [-0.4, -0.2) is 21.4 Å². The lowest BCUT2D eigenvalue weighted by molar-refractivity contribution is -0.0493. The summed E-state index contributed by atoms with van der Waals surface area (Å²) in [5.41, 5.74) is 0.489. The van der Waals surface area contributed by atoms with Crippen molar-refractivity contribution in [3.8, 4) is 5.75 Å². The lowest BCUT2D eigenvalue weighted by Gasteiger charge is -2.12. The second-order valence-electron chi connectivity index (χ2n) is 3.95. The van der Waals surface area contributed by atoms with Crippen LogP contribution in [0.3, 0.4) is 0 Å². The number of rotatable bonds is 5. The summed E-state index contributed by atoms with van der Waals surface area (Å²) in [6, 6.07) is 6.52. The van der Waals surface area contributed by atoms with Crippen molar-refractivity contribution < 1.29 is 13.5 Å². The highest BCUT2D eigenvalue weighted by Gasteiger charge is 2.10. The zero-order valence-corrected chi connectivity index (χ0v) is 10.6. The number of ether oxygens (including phenoxy) is 1. The Balaban J connectivity index is 2.09. The highest BCUT2D eigenvalue weighted by Crippen LogP contribution is 2.25. The number of benzene rings is 1. The first-order valence-electron chi connectivity index (χ1n) is 5.70. The molecule has 0 fully saturated rings. The smallest absolute Gasteiger partial charge is 0.387 e. The van der Waals surface area contributed by atoms with E-state index in [0.29, 0.717) is 18.1 Å². The number of nitrogens with zero attached hydrogens (tertiary/aromatic N) is 3. The number of aromatic nitrogens is 3. The van der Waals surface area contributed by atoms with Gasteiger partial charge in [0.2, 0.25) is 0 Å². The predicted octanol–water partition coefficient (Wildman–Crippen LogP) is 2.34. The molecule has 1 heterocycles. The largest absolute Gasteiger partial charge is 0.433 e. The molecule has 0 aliphatic rings. The first-order valence-corrected chi connectivity index (χ1v) is 5.70. The number of nitrogens with one attached hydrogen (secondary N) is 1. The van der Waals surface area contributed by atoms with Crippen molar-refractivity contribution in [2.24, 2.45) is 7.05 Å². The second kappa shape index (κ2) is 5.64. The van der Waals surface area contributed by atoms with Gasteiger partial charge in [-0.25, -0.2) is 0 Å². The number of alkyl halides is 2. The van der Waals surface area contributed by atoms with E-state index in [9.17, 15) is 8.78 Å². The van der Waals surface area contributed by atoms with Crippen LogP contribution >= 0.6 is 0 Å². The minimum Gasteiger partial charge on any atom is -0.433 e. The maximum Gasteiger partial charge on any atom is 0.387 e. The van der Waals surface area contributed by atoms with Gasteiger partial charge in [-0.05, 0) is 19.1 Å². The van der Waals surface area contributed by atoms with E-state index in [1.165, 1.54) is 6.07 Å². The summed E-state index contributed by atoms with van der Waals surface area (Å²) in [7, 11) is 1.84. The van der Waals surface area contributed by atoms with Crippen LogP contribution in [0.2, 0.25) is 0 Å². The molecule has 2 aromatic rings. The zero-order valence-electron chi connectivity index (χ0n) is 10.6. The summed E-state index contributed by atoms with van der Waals surface area (Å²) in [5.74, 6) is 1.61. The third kappa shape index (κ3) is 3.18. The molecule has 0 radical (unpaired) electrons. The molecule has 0 atom stereocenters. The Morgan fingerprint density at radius 1 is 1.32 bits per heavy atom. The molecule has 2 rings (SSSR count). The molecule has 0 saturated heterocycles. The molecule has 7 heteroatoms. The van der Waals surface area contributed by atoms with E-state index in [1.807, 2.05) is 18.5 Å². The minimum atomic E-state index is -2.85. The van der Waals surface area contributed by atoms with Crippen LogP contribution in [0.15, 0.2) is 24.3 Å². The molecule has 0 aliphatic carbocycles. The Hall–Kier alpha value is -2.18. The Morgan fingerprint density at radius 3 is 2.68 bits per heavy atom. The van der Waals surface area contributed by atoms with Gasteiger partial charge in [0.25, 0.3) is 0 Å². The van der Waals surface area contributed by atoms with E-state index in [2.05, 4.69) is 20.3 Å². The zero-order chi connectivity index (χ0) is 13.8. The maximum absolute atomic E-state index is 12.3. The summed E-state index contributed by atoms with van der Waals surface area (Å²) in [5, 5.41) is 10.9. The van der Waals surface area contributed by atoms with Gasteiger partial charge in [0.05, 0.1) is 12.2 Å². The molecular weight excluding hydrogens is 254 g/mol. The van der Waals surface area contributed by atoms with Gasteiger partial charge in [-0.15, -0.1) is 10.2 Å². The van der Waals surface area contributed by atoms with Crippen LogP contribution in [0.4, 0.5) is 14.5 Å². The van der Waals surface area contributed by atoms with Crippen molar-refractivity contribution in [3.63, 3.8) is 0 Å². The number of halogens is 2. The van der Waals surface area contributed by atoms with Crippen LogP contribution in [-0.2, 0) is 13.6 Å². The molecule has 5 nitrogen and oxygen atoms in total. The molecule has 0 unspecified atom stereocenters. The van der Waals surface area contributed by atoms with Gasteiger partial charge in [0.15, 0.2) is 5.82 Å². The van der Waals surface area contributed by atoms with Crippen LogP contribution in [0.5, 0.6) is 5.75 Å². The average molecular weight is 268 g/mol. The van der Waals surface area contributed by atoms with Crippen molar-refractivity contribution in [2.45, 2.75) is 20.1 Å². The summed E-state index contributed by atoms with van der Waals surface area (Å²) < 4.78 is 30.8. The number of hydrogen-bond acceptors (Lipinski definition) is 4. The van der Waals surface area contributed by atoms with Crippen molar-refractivity contribution >= 4 is 5.69 Å². The van der Waals surface area contributed by atoms with Crippen molar-refractivity contribution in [1.82, 2.24) is 14.8 Å². The normalized spacial score (nSPS) is 10.8. The molecule has 0 spiro atoms. The highest BCUT2D eigenvalue weighted by atomic mass is 19.3. The van der Waals surface area contributed by atoms with Gasteiger partial charge in [-0.1, -0.05) is 12.1 Å². The fourth-order valence-corrected chi connectivity index (χ4v) is 1.59. The Morgan fingerprint density at radius 2 is 2.05 bits per heavy atom. The molecule has 0 saturated carbocycles. The highest BCUT2D eigenvalue weighted by molar-refractivity contribution is 5.56. The molecular formula is C12H14F2N4O. The molecule has 19 heavy (non-hydrogen) atoms. The van der Waals surface area contributed by atoms with E-state index in [-0.39, 0.29) is 5.75 Å². The fourth-order valence-electron chi connectivity index (χ4n) is 1.59. The van der Waals surface area contributed by atoms with Gasteiger partial charge < -0.3 is 14.6 Å². The standard InChI is InChI=1S/C12H14F2N4O/c1-8-16-17-11(18(8)2)7-15-9-5-3-4-6-10(9)19-12(13)14/h3-6,12,15H,7H2,1-2H3. The van der Waals surface area contributed by atoms with Crippen LogP contribution < -0.4 is 10.1 Å². The van der Waals surface area contributed by atoms with Crippen LogP contribution in [0.1, 0.15) is 11.6 Å². The van der Waals surface area contributed by atoms with Gasteiger partial charge in [0, 0.05) is 7.05 Å². The first kappa shape index (κ1) is 13.3. The number of aryl methyl sites for hydroxylation is 1. The lowest BCUT2D eigenvalue weighted by atomic mass is 10.3. The maximum atomic E-state index is 12.3. The molecule has 0 bridgehead atoms. The fraction of sp³-hybridized carbons (Fsp3) is 0.333. The summed E-state index contributed by atoms with van der Waals surface area (Å²) in [6.45, 7) is -0.634. The van der Waals surface area contributed by atoms with E-state index in [0.717, 1.165) is 5.82 Å².